The Morgan fingerprint density at radius 3 is 2.67 bits per heavy atom. The van der Waals surface area contributed by atoms with E-state index in [4.69, 9.17) is 5.73 Å². The third kappa shape index (κ3) is 2.08. The lowest BCUT2D eigenvalue weighted by Gasteiger charge is -2.36. The minimum absolute atomic E-state index is 0.153. The Morgan fingerprint density at radius 2 is 2.17 bits per heavy atom. The van der Waals surface area contributed by atoms with Crippen molar-refractivity contribution >= 4 is 27.5 Å². The summed E-state index contributed by atoms with van der Waals surface area (Å²) in [6.07, 6.45) is 0.532. The van der Waals surface area contributed by atoms with Crippen LogP contribution in [-0.2, 0) is 4.79 Å². The molecule has 0 radical (unpaired) electrons. The quantitative estimate of drug-likeness (QED) is 0.913. The van der Waals surface area contributed by atoms with Gasteiger partial charge in [0.1, 0.15) is 0 Å². The molecule has 18 heavy (non-hydrogen) atoms. The van der Waals surface area contributed by atoms with Crippen molar-refractivity contribution < 1.29 is 4.79 Å². The summed E-state index contributed by atoms with van der Waals surface area (Å²) in [5.74, 6) is 0.359. The van der Waals surface area contributed by atoms with Gasteiger partial charge in [-0.25, -0.2) is 0 Å². The first kappa shape index (κ1) is 13.6. The Balaban J connectivity index is 2.46. The molecule has 1 heterocycles. The number of carbonyl (C=O) groups is 1. The largest absolute Gasteiger partial charge is 0.330 e. The predicted octanol–water partition coefficient (Wildman–Crippen LogP) is 2.85. The van der Waals surface area contributed by atoms with Crippen molar-refractivity contribution in [2.24, 2.45) is 11.7 Å². The van der Waals surface area contributed by atoms with Crippen LogP contribution in [0.5, 0.6) is 0 Å². The van der Waals surface area contributed by atoms with Crippen molar-refractivity contribution in [3.05, 3.63) is 28.2 Å². The molecule has 0 aliphatic carbocycles. The monoisotopic (exact) mass is 310 g/mol. The third-order valence-electron chi connectivity index (χ3n) is 3.87. The molecule has 0 bridgehead atoms. The molecular weight excluding hydrogens is 292 g/mol. The molecule has 4 heteroatoms. The number of nitrogens with two attached hydrogens (primary N) is 1. The van der Waals surface area contributed by atoms with Gasteiger partial charge in [0.05, 0.1) is 5.69 Å². The lowest BCUT2D eigenvalue weighted by Crippen LogP contribution is -2.46. The van der Waals surface area contributed by atoms with E-state index in [0.717, 1.165) is 10.2 Å². The number of carbonyl (C=O) groups excluding carboxylic acids is 1. The molecule has 98 valence electrons. The third-order valence-corrected chi connectivity index (χ3v) is 4.51. The zero-order valence-electron chi connectivity index (χ0n) is 11.0. The highest BCUT2D eigenvalue weighted by Crippen LogP contribution is 2.41. The molecule has 2 rings (SSSR count). The van der Waals surface area contributed by atoms with Crippen LogP contribution in [0.4, 0.5) is 5.69 Å². The van der Waals surface area contributed by atoms with E-state index in [-0.39, 0.29) is 17.4 Å². The number of benzene rings is 1. The molecule has 3 nitrogen and oxygen atoms in total. The molecule has 1 saturated heterocycles. The van der Waals surface area contributed by atoms with E-state index in [1.165, 1.54) is 5.56 Å². The van der Waals surface area contributed by atoms with Gasteiger partial charge in [-0.05, 0) is 60.9 Å². The number of nitrogens with zero attached hydrogens (tertiary/aromatic N) is 1. The van der Waals surface area contributed by atoms with Crippen molar-refractivity contribution in [1.29, 1.82) is 0 Å². The van der Waals surface area contributed by atoms with Crippen LogP contribution in [0, 0.1) is 12.8 Å². The average Bonchev–Trinajstić information content (AvgIpc) is 2.50. The molecule has 1 aromatic carbocycles. The molecule has 0 aromatic heterocycles. The topological polar surface area (TPSA) is 46.3 Å². The minimum Gasteiger partial charge on any atom is -0.330 e. The molecule has 1 aromatic rings. The van der Waals surface area contributed by atoms with Crippen molar-refractivity contribution in [2.75, 3.05) is 11.4 Å². The summed E-state index contributed by atoms with van der Waals surface area (Å²) in [6, 6.07) is 6.06. The summed E-state index contributed by atoms with van der Waals surface area (Å²) < 4.78 is 0.960. The van der Waals surface area contributed by atoms with E-state index in [1.54, 1.807) is 0 Å². The number of hydrogen-bond donors (Lipinski definition) is 1. The first-order valence-corrected chi connectivity index (χ1v) is 6.96. The van der Waals surface area contributed by atoms with E-state index < -0.39 is 0 Å². The molecule has 0 spiro atoms. The number of halogens is 1. The van der Waals surface area contributed by atoms with E-state index in [2.05, 4.69) is 29.8 Å². The van der Waals surface area contributed by atoms with Crippen LogP contribution in [0.1, 0.15) is 25.8 Å². The number of amides is 1. The fourth-order valence-electron chi connectivity index (χ4n) is 2.67. The average molecular weight is 311 g/mol. The highest BCUT2D eigenvalue weighted by molar-refractivity contribution is 9.10. The number of aryl methyl sites for hydroxylation is 1. The van der Waals surface area contributed by atoms with E-state index in [1.807, 2.05) is 30.0 Å². The van der Waals surface area contributed by atoms with Gasteiger partial charge >= 0.3 is 0 Å². The van der Waals surface area contributed by atoms with Gasteiger partial charge in [-0.3, -0.25) is 4.79 Å². The van der Waals surface area contributed by atoms with Crippen molar-refractivity contribution in [1.82, 2.24) is 0 Å². The number of anilines is 1. The lowest BCUT2D eigenvalue weighted by molar-refractivity contribution is -0.117. The normalized spacial score (nSPS) is 22.6. The first-order valence-electron chi connectivity index (χ1n) is 6.17. The fraction of sp³-hybridized carbons (Fsp3) is 0.500. The summed E-state index contributed by atoms with van der Waals surface area (Å²) in [4.78, 5) is 14.1. The van der Waals surface area contributed by atoms with Crippen LogP contribution in [0.2, 0.25) is 0 Å². The van der Waals surface area contributed by atoms with Gasteiger partial charge in [0.25, 0.3) is 0 Å². The van der Waals surface area contributed by atoms with Crippen LogP contribution < -0.4 is 10.6 Å². The molecule has 1 fully saturated rings. The van der Waals surface area contributed by atoms with Crippen LogP contribution in [0.3, 0.4) is 0 Å². The number of rotatable bonds is 2. The van der Waals surface area contributed by atoms with Crippen LogP contribution >= 0.6 is 15.9 Å². The SMILES string of the molecule is Cc1ccc(N2C(=O)CC(CN)C2(C)C)c(Br)c1. The highest BCUT2D eigenvalue weighted by atomic mass is 79.9. The van der Waals surface area contributed by atoms with Gasteiger partial charge in [0, 0.05) is 22.4 Å². The molecule has 1 aliphatic rings. The van der Waals surface area contributed by atoms with Crippen LogP contribution in [0.15, 0.2) is 22.7 Å². The van der Waals surface area contributed by atoms with Crippen LogP contribution in [-0.4, -0.2) is 18.0 Å². The van der Waals surface area contributed by atoms with Crippen molar-refractivity contribution in [2.45, 2.75) is 32.7 Å². The summed E-state index contributed by atoms with van der Waals surface area (Å²) in [7, 11) is 0. The van der Waals surface area contributed by atoms with Crippen LogP contribution in [0.25, 0.3) is 0 Å². The minimum atomic E-state index is -0.233. The molecule has 1 aliphatic heterocycles. The molecule has 1 amide bonds. The first-order chi connectivity index (χ1) is 8.37. The number of hydrogen-bond acceptors (Lipinski definition) is 2. The summed E-state index contributed by atoms with van der Waals surface area (Å²) >= 11 is 3.55. The zero-order valence-corrected chi connectivity index (χ0v) is 12.6. The van der Waals surface area contributed by atoms with Gasteiger partial charge in [0.2, 0.25) is 5.91 Å². The van der Waals surface area contributed by atoms with Gasteiger partial charge in [-0.15, -0.1) is 0 Å². The second kappa shape index (κ2) is 4.67. The molecule has 1 atom stereocenters. The Kier molecular flexibility index (Phi) is 3.52. The maximum atomic E-state index is 12.2. The lowest BCUT2D eigenvalue weighted by atomic mass is 9.88. The summed E-state index contributed by atoms with van der Waals surface area (Å²) in [6.45, 7) is 6.75. The summed E-state index contributed by atoms with van der Waals surface area (Å²) in [5.41, 5.74) is 7.66. The molecule has 2 N–H and O–H groups in total. The Bertz CT molecular complexity index is 485. The maximum Gasteiger partial charge on any atom is 0.227 e. The second-order valence-corrected chi connectivity index (χ2v) is 6.33. The zero-order chi connectivity index (χ0) is 13.5. The van der Waals surface area contributed by atoms with E-state index >= 15 is 0 Å². The van der Waals surface area contributed by atoms with Gasteiger partial charge in [-0.1, -0.05) is 6.07 Å². The Morgan fingerprint density at radius 1 is 1.50 bits per heavy atom. The molecular formula is C14H19BrN2O. The Hall–Kier alpha value is -0.870. The Labute approximate surface area is 116 Å². The standard InChI is InChI=1S/C14H19BrN2O/c1-9-4-5-12(11(15)6-9)17-13(18)7-10(8-16)14(17,2)3/h4-6,10H,7-8,16H2,1-3H3. The van der Waals surface area contributed by atoms with Gasteiger partial charge in [0.15, 0.2) is 0 Å². The van der Waals surface area contributed by atoms with Gasteiger partial charge in [-0.2, -0.15) is 0 Å². The highest BCUT2D eigenvalue weighted by Gasteiger charge is 2.46. The smallest absolute Gasteiger partial charge is 0.227 e. The molecule has 0 saturated carbocycles. The predicted molar refractivity (Wildman–Crippen MR) is 77.6 cm³/mol. The van der Waals surface area contributed by atoms with E-state index in [0.29, 0.717) is 13.0 Å². The second-order valence-electron chi connectivity index (χ2n) is 5.47. The van der Waals surface area contributed by atoms with Crippen molar-refractivity contribution in [3.63, 3.8) is 0 Å². The van der Waals surface area contributed by atoms with E-state index in [9.17, 15) is 4.79 Å². The fourth-order valence-corrected chi connectivity index (χ4v) is 3.34. The molecule has 1 unspecified atom stereocenters. The summed E-state index contributed by atoms with van der Waals surface area (Å²) in [5, 5.41) is 0. The van der Waals surface area contributed by atoms with Crippen molar-refractivity contribution in [3.8, 4) is 0 Å². The maximum absolute atomic E-state index is 12.2. The van der Waals surface area contributed by atoms with Gasteiger partial charge < -0.3 is 10.6 Å².